The van der Waals surface area contributed by atoms with E-state index in [0.717, 1.165) is 31.4 Å². The summed E-state index contributed by atoms with van der Waals surface area (Å²) in [7, 11) is 3.76. The molecule has 0 radical (unpaired) electrons. The van der Waals surface area contributed by atoms with Crippen LogP contribution in [-0.4, -0.2) is 15.4 Å². The number of rotatable bonds is 1. The summed E-state index contributed by atoms with van der Waals surface area (Å²) in [5.74, 6) is 0.517. The minimum atomic E-state index is 0.0855. The fourth-order valence-corrected chi connectivity index (χ4v) is 2.43. The van der Waals surface area contributed by atoms with Gasteiger partial charge in [-0.1, -0.05) is 0 Å². The number of nitrogens with two attached hydrogens (primary N) is 1. The van der Waals surface area contributed by atoms with Gasteiger partial charge >= 0.3 is 0 Å². The SMILES string of the molecule is Cn1c(C2CCC(N)CC2)cc(=O)n1C. The number of aromatic nitrogens is 2. The molecule has 0 spiro atoms. The van der Waals surface area contributed by atoms with Crippen molar-refractivity contribution in [2.24, 2.45) is 19.8 Å². The van der Waals surface area contributed by atoms with Crippen LogP contribution in [0.25, 0.3) is 0 Å². The van der Waals surface area contributed by atoms with Crippen LogP contribution in [0, 0.1) is 0 Å². The van der Waals surface area contributed by atoms with E-state index < -0.39 is 0 Å². The maximum atomic E-state index is 11.5. The Hall–Kier alpha value is -1.03. The highest BCUT2D eigenvalue weighted by molar-refractivity contribution is 5.10. The van der Waals surface area contributed by atoms with Gasteiger partial charge in [0, 0.05) is 37.8 Å². The molecule has 1 aromatic heterocycles. The molecule has 1 aromatic rings. The molecule has 1 saturated carbocycles. The van der Waals surface area contributed by atoms with Gasteiger partial charge in [0.15, 0.2) is 0 Å². The first-order chi connectivity index (χ1) is 7.09. The zero-order valence-corrected chi connectivity index (χ0v) is 9.44. The molecule has 2 N–H and O–H groups in total. The lowest BCUT2D eigenvalue weighted by molar-refractivity contribution is 0.376. The van der Waals surface area contributed by atoms with E-state index in [2.05, 4.69) is 0 Å². The average Bonchev–Trinajstić information content (AvgIpc) is 2.47. The van der Waals surface area contributed by atoms with E-state index >= 15 is 0 Å². The first kappa shape index (κ1) is 10.5. The zero-order chi connectivity index (χ0) is 11.0. The van der Waals surface area contributed by atoms with E-state index in [1.807, 2.05) is 11.7 Å². The molecule has 4 nitrogen and oxygen atoms in total. The Balaban J connectivity index is 2.23. The maximum absolute atomic E-state index is 11.5. The molecular formula is C11H19N3O. The summed E-state index contributed by atoms with van der Waals surface area (Å²) >= 11 is 0. The normalized spacial score (nSPS) is 26.9. The van der Waals surface area contributed by atoms with Gasteiger partial charge in [-0.05, 0) is 25.7 Å². The van der Waals surface area contributed by atoms with Crippen molar-refractivity contribution in [2.45, 2.75) is 37.6 Å². The van der Waals surface area contributed by atoms with Crippen molar-refractivity contribution in [3.8, 4) is 0 Å². The van der Waals surface area contributed by atoms with E-state index in [1.165, 1.54) is 0 Å². The van der Waals surface area contributed by atoms with Crippen molar-refractivity contribution in [1.82, 2.24) is 9.36 Å². The molecule has 0 bridgehead atoms. The Kier molecular flexibility index (Phi) is 2.69. The van der Waals surface area contributed by atoms with Gasteiger partial charge in [0.25, 0.3) is 5.56 Å². The largest absolute Gasteiger partial charge is 0.328 e. The molecule has 0 aliphatic heterocycles. The predicted octanol–water partition coefficient (Wildman–Crippen LogP) is 0.709. The fourth-order valence-electron chi connectivity index (χ4n) is 2.43. The van der Waals surface area contributed by atoms with Crippen LogP contribution in [0.1, 0.15) is 37.3 Å². The molecule has 0 saturated heterocycles. The van der Waals surface area contributed by atoms with E-state index in [1.54, 1.807) is 17.8 Å². The van der Waals surface area contributed by atoms with Crippen LogP contribution >= 0.6 is 0 Å². The van der Waals surface area contributed by atoms with Crippen LogP contribution in [0.2, 0.25) is 0 Å². The van der Waals surface area contributed by atoms with Crippen LogP contribution in [-0.2, 0) is 14.1 Å². The van der Waals surface area contributed by atoms with Crippen molar-refractivity contribution in [1.29, 1.82) is 0 Å². The molecule has 84 valence electrons. The van der Waals surface area contributed by atoms with Crippen molar-refractivity contribution in [2.75, 3.05) is 0 Å². The number of nitrogens with zero attached hydrogens (tertiary/aromatic N) is 2. The van der Waals surface area contributed by atoms with Gasteiger partial charge in [-0.3, -0.25) is 14.2 Å². The third kappa shape index (κ3) is 1.86. The van der Waals surface area contributed by atoms with Crippen LogP contribution in [0.5, 0.6) is 0 Å². The van der Waals surface area contributed by atoms with Gasteiger partial charge in [0.2, 0.25) is 0 Å². The maximum Gasteiger partial charge on any atom is 0.266 e. The van der Waals surface area contributed by atoms with Crippen LogP contribution in [0.3, 0.4) is 0 Å². The van der Waals surface area contributed by atoms with Crippen LogP contribution in [0.15, 0.2) is 10.9 Å². The molecule has 2 rings (SSSR count). The van der Waals surface area contributed by atoms with E-state index in [4.69, 9.17) is 5.73 Å². The molecular weight excluding hydrogens is 190 g/mol. The Morgan fingerprint density at radius 2 is 1.80 bits per heavy atom. The molecule has 1 fully saturated rings. The van der Waals surface area contributed by atoms with E-state index in [9.17, 15) is 4.79 Å². The Labute approximate surface area is 89.7 Å². The molecule has 0 amide bonds. The third-order valence-electron chi connectivity index (χ3n) is 3.60. The Morgan fingerprint density at radius 1 is 1.20 bits per heavy atom. The van der Waals surface area contributed by atoms with Crippen molar-refractivity contribution >= 4 is 0 Å². The summed E-state index contributed by atoms with van der Waals surface area (Å²) < 4.78 is 3.62. The lowest BCUT2D eigenvalue weighted by Crippen LogP contribution is -2.26. The first-order valence-electron chi connectivity index (χ1n) is 5.58. The summed E-state index contributed by atoms with van der Waals surface area (Å²) in [5, 5.41) is 0. The predicted molar refractivity (Wildman–Crippen MR) is 59.8 cm³/mol. The van der Waals surface area contributed by atoms with Crippen molar-refractivity contribution in [3.63, 3.8) is 0 Å². The number of hydrogen-bond donors (Lipinski definition) is 1. The van der Waals surface area contributed by atoms with E-state index in [0.29, 0.717) is 12.0 Å². The quantitative estimate of drug-likeness (QED) is 0.740. The molecule has 15 heavy (non-hydrogen) atoms. The highest BCUT2D eigenvalue weighted by Gasteiger charge is 2.23. The Bertz CT molecular complexity index is 396. The second-order valence-electron chi connectivity index (χ2n) is 4.57. The molecule has 0 aromatic carbocycles. The topological polar surface area (TPSA) is 52.9 Å². The zero-order valence-electron chi connectivity index (χ0n) is 9.44. The van der Waals surface area contributed by atoms with Gasteiger partial charge in [-0.25, -0.2) is 0 Å². The highest BCUT2D eigenvalue weighted by atomic mass is 16.1. The monoisotopic (exact) mass is 209 g/mol. The summed E-state index contributed by atoms with van der Waals surface area (Å²) in [6, 6.07) is 2.13. The fraction of sp³-hybridized carbons (Fsp3) is 0.727. The molecule has 1 heterocycles. The summed E-state index contributed by atoms with van der Waals surface area (Å²) in [6.07, 6.45) is 4.37. The summed E-state index contributed by atoms with van der Waals surface area (Å²) in [5.41, 5.74) is 7.12. The lowest BCUT2D eigenvalue weighted by Gasteiger charge is -2.26. The average molecular weight is 209 g/mol. The standard InChI is InChI=1S/C11H19N3O/c1-13-10(7-11(15)14(13)2)8-3-5-9(12)6-4-8/h7-9H,3-6,12H2,1-2H3. The molecule has 1 aliphatic carbocycles. The summed E-state index contributed by atoms with van der Waals surface area (Å²) in [6.45, 7) is 0. The van der Waals surface area contributed by atoms with Gasteiger partial charge in [0.1, 0.15) is 0 Å². The van der Waals surface area contributed by atoms with E-state index in [-0.39, 0.29) is 5.56 Å². The second-order valence-corrected chi connectivity index (χ2v) is 4.57. The van der Waals surface area contributed by atoms with Crippen LogP contribution < -0.4 is 11.3 Å². The summed E-state index contributed by atoms with van der Waals surface area (Å²) in [4.78, 5) is 11.5. The van der Waals surface area contributed by atoms with Gasteiger partial charge in [0.05, 0.1) is 0 Å². The molecule has 0 unspecified atom stereocenters. The highest BCUT2D eigenvalue weighted by Crippen LogP contribution is 2.31. The molecule has 1 aliphatic rings. The lowest BCUT2D eigenvalue weighted by atomic mass is 9.84. The third-order valence-corrected chi connectivity index (χ3v) is 3.60. The van der Waals surface area contributed by atoms with Crippen molar-refractivity contribution in [3.05, 3.63) is 22.1 Å². The van der Waals surface area contributed by atoms with Crippen molar-refractivity contribution < 1.29 is 0 Å². The minimum absolute atomic E-state index is 0.0855. The van der Waals surface area contributed by atoms with Gasteiger partial charge < -0.3 is 5.73 Å². The Morgan fingerprint density at radius 3 is 2.27 bits per heavy atom. The van der Waals surface area contributed by atoms with Crippen LogP contribution in [0.4, 0.5) is 0 Å². The number of hydrogen-bond acceptors (Lipinski definition) is 2. The first-order valence-corrected chi connectivity index (χ1v) is 5.58. The van der Waals surface area contributed by atoms with Gasteiger partial charge in [-0.15, -0.1) is 0 Å². The smallest absolute Gasteiger partial charge is 0.266 e. The molecule has 0 atom stereocenters. The molecule has 4 heteroatoms. The second kappa shape index (κ2) is 3.85. The minimum Gasteiger partial charge on any atom is -0.328 e. The van der Waals surface area contributed by atoms with Gasteiger partial charge in [-0.2, -0.15) is 0 Å².